The van der Waals surface area contributed by atoms with Crippen LogP contribution >= 0.6 is 0 Å². The van der Waals surface area contributed by atoms with Crippen LogP contribution in [0.5, 0.6) is 0 Å². The fraction of sp³-hybridized carbons (Fsp3) is 0.0667. The Kier molecular flexibility index (Phi) is 3.33. The van der Waals surface area contributed by atoms with Crippen LogP contribution in [-0.4, -0.2) is 16.0 Å². The molecule has 0 fully saturated rings. The average Bonchev–Trinajstić information content (AvgIpc) is 2.90. The minimum atomic E-state index is -0.250. The van der Waals surface area contributed by atoms with Crippen LogP contribution in [0.2, 0.25) is 0 Å². The van der Waals surface area contributed by atoms with E-state index in [0.717, 1.165) is 22.3 Å². The monoisotopic (exact) mass is 266 g/mol. The minimum Gasteiger partial charge on any atom is -0.359 e. The number of carbonyl (C=O) groups is 1. The number of carbonyl (C=O) groups excluding carboxylic acids is 1. The van der Waals surface area contributed by atoms with Crippen LogP contribution in [0.1, 0.15) is 5.69 Å². The number of rotatable bonds is 3. The number of hydrogen-bond acceptors (Lipinski definition) is 2. The third-order valence-electron chi connectivity index (χ3n) is 2.99. The Morgan fingerprint density at radius 1 is 1.15 bits per heavy atom. The van der Waals surface area contributed by atoms with E-state index in [1.165, 1.54) is 0 Å². The second kappa shape index (κ2) is 5.44. The largest absolute Gasteiger partial charge is 0.359 e. The number of amides is 2. The number of aromatic amines is 1. The zero-order chi connectivity index (χ0) is 13.8. The zero-order valence-electron chi connectivity index (χ0n) is 10.8. The fourth-order valence-corrected chi connectivity index (χ4v) is 2.01. The summed E-state index contributed by atoms with van der Waals surface area (Å²) < 4.78 is 0. The lowest BCUT2D eigenvalue weighted by molar-refractivity contribution is 0.251. The van der Waals surface area contributed by atoms with Gasteiger partial charge in [-0.1, -0.05) is 24.3 Å². The van der Waals surface area contributed by atoms with Crippen molar-refractivity contribution < 1.29 is 4.79 Å². The van der Waals surface area contributed by atoms with E-state index in [9.17, 15) is 4.79 Å². The molecule has 2 heterocycles. The number of aromatic nitrogens is 2. The Hall–Kier alpha value is -2.82. The molecular weight excluding hydrogens is 252 g/mol. The molecule has 0 aliphatic rings. The van der Waals surface area contributed by atoms with Gasteiger partial charge in [0.2, 0.25) is 0 Å². The third-order valence-corrected chi connectivity index (χ3v) is 2.99. The molecule has 5 heteroatoms. The Morgan fingerprint density at radius 2 is 2.00 bits per heavy atom. The molecule has 0 unspecified atom stereocenters. The quantitative estimate of drug-likeness (QED) is 0.682. The van der Waals surface area contributed by atoms with E-state index in [1.54, 1.807) is 12.4 Å². The number of benzene rings is 1. The highest BCUT2D eigenvalue weighted by molar-refractivity contribution is 6.00. The van der Waals surface area contributed by atoms with Gasteiger partial charge in [0.15, 0.2) is 0 Å². The number of H-pyrrole nitrogens is 1. The second-order valence-electron chi connectivity index (χ2n) is 4.38. The van der Waals surface area contributed by atoms with Crippen molar-refractivity contribution >= 4 is 22.6 Å². The lowest BCUT2D eigenvalue weighted by Gasteiger charge is -2.06. The number of hydrogen-bond donors (Lipinski definition) is 3. The highest BCUT2D eigenvalue weighted by Gasteiger charge is 2.06. The number of para-hydroxylation sites is 1. The molecule has 3 N–H and O–H groups in total. The molecule has 0 aliphatic carbocycles. The van der Waals surface area contributed by atoms with Crippen LogP contribution in [-0.2, 0) is 6.54 Å². The van der Waals surface area contributed by atoms with Crippen molar-refractivity contribution in [3.8, 4) is 0 Å². The van der Waals surface area contributed by atoms with Crippen molar-refractivity contribution in [3.05, 3.63) is 60.6 Å². The van der Waals surface area contributed by atoms with Crippen molar-refractivity contribution in [2.24, 2.45) is 0 Å². The van der Waals surface area contributed by atoms with E-state index in [1.807, 2.05) is 42.5 Å². The minimum absolute atomic E-state index is 0.250. The van der Waals surface area contributed by atoms with Gasteiger partial charge in [0.05, 0.1) is 17.9 Å². The first-order chi connectivity index (χ1) is 9.83. The Labute approximate surface area is 116 Å². The zero-order valence-corrected chi connectivity index (χ0v) is 10.8. The Balaban J connectivity index is 1.64. The molecule has 3 aromatic rings. The van der Waals surface area contributed by atoms with Crippen LogP contribution in [0.25, 0.3) is 10.9 Å². The van der Waals surface area contributed by atoms with Crippen molar-refractivity contribution in [2.75, 3.05) is 5.32 Å². The van der Waals surface area contributed by atoms with Gasteiger partial charge >= 0.3 is 6.03 Å². The molecule has 0 saturated carbocycles. The van der Waals surface area contributed by atoms with Crippen LogP contribution in [0.15, 0.2) is 54.9 Å². The molecule has 0 saturated heterocycles. The molecule has 5 nitrogen and oxygen atoms in total. The van der Waals surface area contributed by atoms with Gasteiger partial charge in [-0.25, -0.2) is 4.79 Å². The standard InChI is InChI=1S/C15H14N4O/c20-15(18-9-11-5-3-4-8-16-11)19-14-10-17-13-7-2-1-6-12(13)14/h1-8,10,17H,9H2,(H2,18,19,20). The first-order valence-electron chi connectivity index (χ1n) is 6.34. The maximum absolute atomic E-state index is 11.9. The van der Waals surface area contributed by atoms with Crippen molar-refractivity contribution in [1.82, 2.24) is 15.3 Å². The number of fused-ring (bicyclic) bond motifs is 1. The summed E-state index contributed by atoms with van der Waals surface area (Å²) in [6, 6.07) is 13.2. The van der Waals surface area contributed by atoms with Gasteiger partial charge in [0.1, 0.15) is 0 Å². The predicted molar refractivity (Wildman–Crippen MR) is 78.4 cm³/mol. The summed E-state index contributed by atoms with van der Waals surface area (Å²) in [5.74, 6) is 0. The highest BCUT2D eigenvalue weighted by atomic mass is 16.2. The van der Waals surface area contributed by atoms with Crippen molar-refractivity contribution in [3.63, 3.8) is 0 Å². The van der Waals surface area contributed by atoms with Gasteiger partial charge in [-0.2, -0.15) is 0 Å². The van der Waals surface area contributed by atoms with Gasteiger partial charge in [-0.15, -0.1) is 0 Å². The average molecular weight is 266 g/mol. The normalized spacial score (nSPS) is 10.4. The molecule has 0 spiro atoms. The topological polar surface area (TPSA) is 69.8 Å². The molecule has 0 bridgehead atoms. The predicted octanol–water partition coefficient (Wildman–Crippen LogP) is 2.88. The van der Waals surface area contributed by atoms with Gasteiger partial charge < -0.3 is 15.6 Å². The smallest absolute Gasteiger partial charge is 0.319 e. The summed E-state index contributed by atoms with van der Waals surface area (Å²) in [5.41, 5.74) is 2.58. The summed E-state index contributed by atoms with van der Waals surface area (Å²) in [4.78, 5) is 19.1. The molecule has 20 heavy (non-hydrogen) atoms. The molecule has 1 aromatic carbocycles. The molecule has 2 aromatic heterocycles. The van der Waals surface area contributed by atoms with E-state index in [2.05, 4.69) is 20.6 Å². The molecular formula is C15H14N4O. The molecule has 0 aliphatic heterocycles. The highest BCUT2D eigenvalue weighted by Crippen LogP contribution is 2.22. The summed E-state index contributed by atoms with van der Waals surface area (Å²) in [6.07, 6.45) is 3.49. The van der Waals surface area contributed by atoms with Crippen molar-refractivity contribution in [1.29, 1.82) is 0 Å². The first-order valence-corrected chi connectivity index (χ1v) is 6.34. The van der Waals surface area contributed by atoms with Crippen molar-refractivity contribution in [2.45, 2.75) is 6.54 Å². The molecule has 3 rings (SSSR count). The number of nitrogens with one attached hydrogen (secondary N) is 3. The number of anilines is 1. The molecule has 0 radical (unpaired) electrons. The fourth-order valence-electron chi connectivity index (χ4n) is 2.01. The first kappa shape index (κ1) is 12.2. The molecule has 2 amide bonds. The van der Waals surface area contributed by atoms with E-state index in [0.29, 0.717) is 6.54 Å². The van der Waals surface area contributed by atoms with Gasteiger partial charge in [0, 0.05) is 23.3 Å². The number of nitrogens with zero attached hydrogens (tertiary/aromatic N) is 1. The lowest BCUT2D eigenvalue weighted by Crippen LogP contribution is -2.28. The van der Waals surface area contributed by atoms with E-state index in [-0.39, 0.29) is 6.03 Å². The molecule has 100 valence electrons. The SMILES string of the molecule is O=C(NCc1ccccn1)Nc1c[nH]c2ccccc12. The van der Waals surface area contributed by atoms with Crippen LogP contribution < -0.4 is 10.6 Å². The van der Waals surface area contributed by atoms with E-state index >= 15 is 0 Å². The summed E-state index contributed by atoms with van der Waals surface area (Å²) in [7, 11) is 0. The lowest BCUT2D eigenvalue weighted by atomic mass is 10.2. The van der Waals surface area contributed by atoms with Crippen LogP contribution in [0.3, 0.4) is 0 Å². The number of pyridine rings is 1. The van der Waals surface area contributed by atoms with Gasteiger partial charge in [-0.3, -0.25) is 4.98 Å². The summed E-state index contributed by atoms with van der Waals surface area (Å²) in [5, 5.41) is 6.59. The maximum Gasteiger partial charge on any atom is 0.319 e. The Bertz CT molecular complexity index is 721. The summed E-state index contributed by atoms with van der Waals surface area (Å²) >= 11 is 0. The van der Waals surface area contributed by atoms with Crippen LogP contribution in [0, 0.1) is 0 Å². The molecule has 0 atom stereocenters. The Morgan fingerprint density at radius 3 is 2.85 bits per heavy atom. The van der Waals surface area contributed by atoms with E-state index in [4.69, 9.17) is 0 Å². The summed E-state index contributed by atoms with van der Waals surface area (Å²) in [6.45, 7) is 0.398. The van der Waals surface area contributed by atoms with Gasteiger partial charge in [-0.05, 0) is 18.2 Å². The van der Waals surface area contributed by atoms with Crippen LogP contribution in [0.4, 0.5) is 10.5 Å². The third kappa shape index (κ3) is 2.61. The van der Waals surface area contributed by atoms with Gasteiger partial charge in [0.25, 0.3) is 0 Å². The number of urea groups is 1. The second-order valence-corrected chi connectivity index (χ2v) is 4.38. The maximum atomic E-state index is 11.9. The van der Waals surface area contributed by atoms with E-state index < -0.39 is 0 Å².